The number of hydrogen-bond acceptors (Lipinski definition) is 2. The topological polar surface area (TPSA) is 17.3 Å². The third kappa shape index (κ3) is 0.391. The maximum Gasteiger partial charge on any atom is 0.191 e. The van der Waals surface area contributed by atoms with Crippen molar-refractivity contribution in [1.29, 1.82) is 0 Å². The van der Waals surface area contributed by atoms with Gasteiger partial charge in [-0.25, -0.2) is 8.77 Å². The summed E-state index contributed by atoms with van der Waals surface area (Å²) < 4.78 is 1.83. The molecule has 2 heterocycles. The van der Waals surface area contributed by atoms with E-state index >= 15 is 0 Å². The van der Waals surface area contributed by atoms with Gasteiger partial charge in [0.15, 0.2) is 6.33 Å². The number of hydrogen-bond donors (Lipinski definition) is 0. The summed E-state index contributed by atoms with van der Waals surface area (Å²) in [6.07, 6.45) is 4.49. The highest BCUT2D eigenvalue weighted by molar-refractivity contribution is 7.04. The highest BCUT2D eigenvalue weighted by Gasteiger charge is 1.90. The van der Waals surface area contributed by atoms with Crippen LogP contribution in [-0.4, -0.2) is 8.77 Å². The second-order valence-electron chi connectivity index (χ2n) is 1.41. The van der Waals surface area contributed by atoms with Crippen molar-refractivity contribution >= 4 is 17.0 Å². The van der Waals surface area contributed by atoms with Gasteiger partial charge in [0.1, 0.15) is 0 Å². The molecule has 8 heavy (non-hydrogen) atoms. The van der Waals surface area contributed by atoms with Gasteiger partial charge in [-0.1, -0.05) is 11.5 Å². The standard InChI is InChI=1S/C5H2N2S/c1-2-8-7-4-6-3-5(1)7/h2-3H. The van der Waals surface area contributed by atoms with Crippen molar-refractivity contribution in [3.8, 4) is 0 Å². The van der Waals surface area contributed by atoms with Crippen LogP contribution in [0.5, 0.6) is 0 Å². The van der Waals surface area contributed by atoms with Crippen LogP contribution in [0.15, 0.2) is 11.6 Å². The molecular weight excluding hydrogens is 120 g/mol. The van der Waals surface area contributed by atoms with E-state index in [1.165, 1.54) is 11.5 Å². The molecule has 0 aliphatic carbocycles. The van der Waals surface area contributed by atoms with Crippen LogP contribution >= 0.6 is 11.5 Å². The number of rotatable bonds is 0. The van der Waals surface area contributed by atoms with E-state index in [0.717, 1.165) is 5.52 Å². The van der Waals surface area contributed by atoms with Gasteiger partial charge in [0.2, 0.25) is 0 Å². The molecule has 0 saturated carbocycles. The third-order valence-corrected chi connectivity index (χ3v) is 1.63. The van der Waals surface area contributed by atoms with Gasteiger partial charge < -0.3 is 0 Å². The van der Waals surface area contributed by atoms with Crippen LogP contribution in [0.1, 0.15) is 0 Å². The van der Waals surface area contributed by atoms with E-state index in [1.54, 1.807) is 6.20 Å². The predicted octanol–water partition coefficient (Wildman–Crippen LogP) is 0.996. The molecule has 2 aromatic rings. The zero-order valence-electron chi connectivity index (χ0n) is 3.96. The van der Waals surface area contributed by atoms with Gasteiger partial charge in [-0.2, -0.15) is 0 Å². The fraction of sp³-hybridized carbons (Fsp3) is 0. The summed E-state index contributed by atoms with van der Waals surface area (Å²) in [5.74, 6) is 0. The molecule has 0 N–H and O–H groups in total. The Bertz CT molecular complexity index is 232. The van der Waals surface area contributed by atoms with Crippen molar-refractivity contribution in [2.24, 2.45) is 0 Å². The molecule has 3 heteroatoms. The molecule has 0 fully saturated rings. The highest BCUT2D eigenvalue weighted by atomic mass is 32.1. The minimum atomic E-state index is 0.995. The molecule has 2 radical (unpaired) electrons. The Morgan fingerprint density at radius 1 is 1.75 bits per heavy atom. The smallest absolute Gasteiger partial charge is 0.191 e. The Hall–Kier alpha value is -0.830. The maximum absolute atomic E-state index is 3.78. The predicted molar refractivity (Wildman–Crippen MR) is 30.7 cm³/mol. The molecule has 0 aliphatic heterocycles. The first-order chi connectivity index (χ1) is 3.97. The monoisotopic (exact) mass is 122 g/mol. The van der Waals surface area contributed by atoms with Crippen molar-refractivity contribution in [2.45, 2.75) is 0 Å². The molecule has 0 atom stereocenters. The molecular formula is C5H2N2S. The zero-order chi connectivity index (χ0) is 5.40. The number of nitrogens with zero attached hydrogens (tertiary/aromatic N) is 2. The summed E-state index contributed by atoms with van der Waals surface area (Å²) >= 11 is 1.54. The van der Waals surface area contributed by atoms with Crippen LogP contribution in [0.25, 0.3) is 5.52 Å². The SMILES string of the molecule is [c]1csn2[c]ncc12. The number of imidazole rings is 1. The van der Waals surface area contributed by atoms with Gasteiger partial charge in [-0.15, -0.1) is 0 Å². The van der Waals surface area contributed by atoms with Gasteiger partial charge in [0.25, 0.3) is 0 Å². The Morgan fingerprint density at radius 3 is 3.62 bits per heavy atom. The average Bonchev–Trinajstić information content (AvgIpc) is 2.15. The van der Waals surface area contributed by atoms with Crippen molar-refractivity contribution < 1.29 is 0 Å². The van der Waals surface area contributed by atoms with Crippen molar-refractivity contribution in [3.05, 3.63) is 24.0 Å². The molecule has 0 aromatic carbocycles. The van der Waals surface area contributed by atoms with E-state index in [9.17, 15) is 0 Å². The molecule has 0 bridgehead atoms. The lowest BCUT2D eigenvalue weighted by Gasteiger charge is -1.69. The quantitative estimate of drug-likeness (QED) is 0.509. The fourth-order valence-electron chi connectivity index (χ4n) is 0.564. The van der Waals surface area contributed by atoms with Crippen LogP contribution in [0.2, 0.25) is 0 Å². The van der Waals surface area contributed by atoms with E-state index in [1.807, 2.05) is 9.17 Å². The van der Waals surface area contributed by atoms with Crippen LogP contribution in [0.4, 0.5) is 0 Å². The summed E-state index contributed by atoms with van der Waals surface area (Å²) in [6, 6.07) is 2.99. The molecule has 38 valence electrons. The molecule has 0 aliphatic rings. The van der Waals surface area contributed by atoms with Gasteiger partial charge in [-0.05, 0) is 0 Å². The molecule has 0 spiro atoms. The first kappa shape index (κ1) is 4.09. The minimum Gasteiger partial charge on any atom is -0.244 e. The van der Waals surface area contributed by atoms with E-state index in [2.05, 4.69) is 17.4 Å². The van der Waals surface area contributed by atoms with Crippen LogP contribution in [0, 0.1) is 12.4 Å². The first-order valence-corrected chi connectivity index (χ1v) is 3.01. The largest absolute Gasteiger partial charge is 0.244 e. The van der Waals surface area contributed by atoms with E-state index in [0.29, 0.717) is 0 Å². The fourth-order valence-corrected chi connectivity index (χ4v) is 1.15. The Labute approximate surface area is 50.6 Å². The van der Waals surface area contributed by atoms with E-state index < -0.39 is 0 Å². The minimum absolute atomic E-state index is 0.995. The van der Waals surface area contributed by atoms with E-state index in [4.69, 9.17) is 0 Å². The average molecular weight is 122 g/mol. The molecule has 0 saturated heterocycles. The van der Waals surface area contributed by atoms with Crippen LogP contribution < -0.4 is 0 Å². The van der Waals surface area contributed by atoms with Gasteiger partial charge >= 0.3 is 0 Å². The van der Waals surface area contributed by atoms with Crippen molar-refractivity contribution in [2.75, 3.05) is 0 Å². The zero-order valence-corrected chi connectivity index (χ0v) is 4.77. The second-order valence-corrected chi connectivity index (χ2v) is 2.22. The summed E-state index contributed by atoms with van der Waals surface area (Å²) in [6.45, 7) is 0. The lowest BCUT2D eigenvalue weighted by Crippen LogP contribution is -1.63. The lowest BCUT2D eigenvalue weighted by molar-refractivity contribution is 1.26. The third-order valence-electron chi connectivity index (χ3n) is 0.919. The van der Waals surface area contributed by atoms with Crippen LogP contribution in [-0.2, 0) is 0 Å². The first-order valence-electron chi connectivity index (χ1n) is 2.17. The molecule has 2 aromatic heterocycles. The summed E-state index contributed by atoms with van der Waals surface area (Å²) in [7, 11) is 0. The molecule has 0 unspecified atom stereocenters. The van der Waals surface area contributed by atoms with Crippen LogP contribution in [0.3, 0.4) is 0 Å². The van der Waals surface area contributed by atoms with E-state index in [-0.39, 0.29) is 0 Å². The van der Waals surface area contributed by atoms with Gasteiger partial charge in [-0.3, -0.25) is 0 Å². The maximum atomic E-state index is 3.78. The van der Waals surface area contributed by atoms with Gasteiger partial charge in [0.05, 0.1) is 11.7 Å². The summed E-state index contributed by atoms with van der Waals surface area (Å²) in [5, 5.41) is 1.88. The Kier molecular flexibility index (Phi) is 0.676. The summed E-state index contributed by atoms with van der Waals surface area (Å²) in [4.78, 5) is 3.78. The molecule has 0 amide bonds. The molecule has 2 rings (SSSR count). The Morgan fingerprint density at radius 2 is 2.75 bits per heavy atom. The number of fused-ring (bicyclic) bond motifs is 1. The van der Waals surface area contributed by atoms with Crippen molar-refractivity contribution in [3.63, 3.8) is 0 Å². The number of aromatic nitrogens is 2. The van der Waals surface area contributed by atoms with Gasteiger partial charge in [0, 0.05) is 11.4 Å². The molecule has 2 nitrogen and oxygen atoms in total. The normalized spacial score (nSPS) is 10.5. The highest BCUT2D eigenvalue weighted by Crippen LogP contribution is 2.04. The Balaban J connectivity index is 3.06. The second kappa shape index (κ2) is 1.32. The summed E-state index contributed by atoms with van der Waals surface area (Å²) in [5.41, 5.74) is 0.995. The lowest BCUT2D eigenvalue weighted by atomic mass is 10.6. The van der Waals surface area contributed by atoms with Crippen molar-refractivity contribution in [1.82, 2.24) is 8.77 Å².